The maximum atomic E-state index is 13.4. The molecule has 0 saturated carbocycles. The number of carbonyl (C=O) groups excluding carboxylic acids is 1. The summed E-state index contributed by atoms with van der Waals surface area (Å²) in [5.74, 6) is -1.14. The molecular formula is C24H22F3N3O4. The van der Waals surface area contributed by atoms with Crippen molar-refractivity contribution in [1.82, 2.24) is 9.97 Å². The Balaban J connectivity index is 1.85. The molecule has 1 aromatic heterocycles. The van der Waals surface area contributed by atoms with Gasteiger partial charge in [0.15, 0.2) is 5.69 Å². The number of hydrogen-bond acceptors (Lipinski definition) is 7. The first-order chi connectivity index (χ1) is 16.3. The van der Waals surface area contributed by atoms with E-state index in [2.05, 4.69) is 15.3 Å². The van der Waals surface area contributed by atoms with Gasteiger partial charge < -0.3 is 19.5 Å². The first-order valence-corrected chi connectivity index (χ1v) is 10.1. The van der Waals surface area contributed by atoms with E-state index in [1.807, 2.05) is 30.3 Å². The fraction of sp³-hybridized carbons (Fsp3) is 0.208. The lowest BCUT2D eigenvalue weighted by Gasteiger charge is -2.14. The zero-order valence-electron chi connectivity index (χ0n) is 18.4. The summed E-state index contributed by atoms with van der Waals surface area (Å²) < 4.78 is 55.6. The van der Waals surface area contributed by atoms with Crippen LogP contribution in [0, 0.1) is 0 Å². The molecule has 0 saturated heterocycles. The molecule has 1 heterocycles. The molecule has 7 nitrogen and oxygen atoms in total. The monoisotopic (exact) mass is 473 g/mol. The fourth-order valence-electron chi connectivity index (χ4n) is 3.01. The predicted molar refractivity (Wildman–Crippen MR) is 119 cm³/mol. The first kappa shape index (κ1) is 24.6. The minimum Gasteiger partial charge on any atom is -0.503 e. The Kier molecular flexibility index (Phi) is 8.07. The number of carbonyl (C=O) groups is 1. The molecule has 0 aliphatic rings. The minimum atomic E-state index is -4.69. The van der Waals surface area contributed by atoms with Crippen LogP contribution >= 0.6 is 0 Å². The Bertz CT molecular complexity index is 1150. The number of ether oxygens (including phenoxy) is 3. The van der Waals surface area contributed by atoms with Crippen LogP contribution in [0.2, 0.25) is 0 Å². The summed E-state index contributed by atoms with van der Waals surface area (Å²) in [4.78, 5) is 19.8. The number of nitrogens with zero attached hydrogens (tertiary/aromatic N) is 2. The van der Waals surface area contributed by atoms with E-state index in [0.717, 1.165) is 11.6 Å². The summed E-state index contributed by atoms with van der Waals surface area (Å²) in [6, 6.07) is 16.6. The normalized spacial score (nSPS) is 11.6. The zero-order chi connectivity index (χ0) is 24.6. The molecule has 3 aromatic rings. The number of rotatable bonds is 9. The van der Waals surface area contributed by atoms with Crippen molar-refractivity contribution >= 4 is 17.5 Å². The summed E-state index contributed by atoms with van der Waals surface area (Å²) in [5, 5.41) is 2.79. The highest BCUT2D eigenvalue weighted by Crippen LogP contribution is 2.31. The highest BCUT2D eigenvalue weighted by atomic mass is 19.4. The Morgan fingerprint density at radius 1 is 1.03 bits per heavy atom. The molecule has 0 unspecified atom stereocenters. The van der Waals surface area contributed by atoms with E-state index in [-0.39, 0.29) is 30.6 Å². The molecule has 0 spiro atoms. The molecule has 0 aliphatic carbocycles. The third-order valence-corrected chi connectivity index (χ3v) is 4.61. The highest BCUT2D eigenvalue weighted by molar-refractivity contribution is 6.16. The molecule has 10 heteroatoms. The van der Waals surface area contributed by atoms with Gasteiger partial charge in [-0.05, 0) is 16.7 Å². The number of hydrogen-bond donors (Lipinski definition) is 1. The van der Waals surface area contributed by atoms with Crippen molar-refractivity contribution in [3.8, 4) is 5.88 Å². The third-order valence-electron chi connectivity index (χ3n) is 4.61. The molecule has 34 heavy (non-hydrogen) atoms. The summed E-state index contributed by atoms with van der Waals surface area (Å²) >= 11 is 0. The van der Waals surface area contributed by atoms with Crippen LogP contribution in [-0.4, -0.2) is 30.2 Å². The quantitative estimate of drug-likeness (QED) is 0.270. The van der Waals surface area contributed by atoms with Crippen LogP contribution < -0.4 is 10.1 Å². The molecule has 0 radical (unpaired) electrons. The Labute approximate surface area is 194 Å². The van der Waals surface area contributed by atoms with E-state index in [1.54, 1.807) is 24.3 Å². The van der Waals surface area contributed by atoms with Gasteiger partial charge in [0.2, 0.25) is 11.8 Å². The van der Waals surface area contributed by atoms with E-state index in [9.17, 15) is 18.0 Å². The summed E-state index contributed by atoms with van der Waals surface area (Å²) in [6.07, 6.45) is -3.47. The van der Waals surface area contributed by atoms with Crippen molar-refractivity contribution in [2.24, 2.45) is 0 Å². The largest absolute Gasteiger partial charge is 0.503 e. The average molecular weight is 473 g/mol. The van der Waals surface area contributed by atoms with E-state index in [4.69, 9.17) is 14.2 Å². The van der Waals surface area contributed by atoms with Gasteiger partial charge in [0.25, 0.3) is 0 Å². The van der Waals surface area contributed by atoms with Gasteiger partial charge in [-0.15, -0.1) is 0 Å². The van der Waals surface area contributed by atoms with Crippen molar-refractivity contribution in [3.63, 3.8) is 0 Å². The topological polar surface area (TPSA) is 82.6 Å². The van der Waals surface area contributed by atoms with E-state index in [1.165, 1.54) is 20.5 Å². The smallest absolute Gasteiger partial charge is 0.433 e. The summed E-state index contributed by atoms with van der Waals surface area (Å²) in [7, 11) is 2.61. The number of aromatic nitrogens is 2. The van der Waals surface area contributed by atoms with Crippen LogP contribution in [-0.2, 0) is 33.6 Å². The van der Waals surface area contributed by atoms with Crippen LogP contribution in [0.3, 0.4) is 0 Å². The summed E-state index contributed by atoms with van der Waals surface area (Å²) in [6.45, 7) is 0.0649. The van der Waals surface area contributed by atoms with Gasteiger partial charge in [-0.25, -0.2) is 9.78 Å². The second kappa shape index (κ2) is 11.2. The second-order valence-corrected chi connectivity index (χ2v) is 6.96. The molecule has 0 aliphatic heterocycles. The number of alkyl halides is 3. The number of esters is 1. The molecular weight excluding hydrogens is 451 g/mol. The van der Waals surface area contributed by atoms with Gasteiger partial charge in [0.05, 0.1) is 20.5 Å². The second-order valence-electron chi connectivity index (χ2n) is 6.96. The number of halogens is 3. The molecule has 0 fully saturated rings. The van der Waals surface area contributed by atoms with Gasteiger partial charge in [0.1, 0.15) is 12.2 Å². The van der Waals surface area contributed by atoms with Gasteiger partial charge in [-0.1, -0.05) is 54.6 Å². The Morgan fingerprint density at radius 2 is 1.74 bits per heavy atom. The average Bonchev–Trinajstić information content (AvgIpc) is 2.84. The lowest BCUT2D eigenvalue weighted by Crippen LogP contribution is -2.13. The number of anilines is 1. The SMILES string of the molecule is CO/C=C(\C(=O)OC)c1ccccc1COc1cc(C(F)(F)F)nc(NCc2ccccc2)n1. The fourth-order valence-corrected chi connectivity index (χ4v) is 3.01. The zero-order valence-corrected chi connectivity index (χ0v) is 18.4. The van der Waals surface area contributed by atoms with E-state index in [0.29, 0.717) is 11.1 Å². The first-order valence-electron chi connectivity index (χ1n) is 10.1. The van der Waals surface area contributed by atoms with Crippen molar-refractivity contribution < 1.29 is 32.2 Å². The lowest BCUT2D eigenvalue weighted by molar-refractivity contribution is -0.141. The van der Waals surface area contributed by atoms with E-state index < -0.39 is 17.8 Å². The Hall–Kier alpha value is -4.08. The van der Waals surface area contributed by atoms with Crippen molar-refractivity contribution in [3.05, 3.63) is 89.3 Å². The maximum Gasteiger partial charge on any atom is 0.433 e. The Morgan fingerprint density at radius 3 is 2.41 bits per heavy atom. The number of methoxy groups -OCH3 is 2. The standard InChI is InChI=1S/C24H22F3N3O4/c1-32-15-19(22(31)33-2)18-11-7-6-10-17(18)14-34-21-12-20(24(25,26)27)29-23(30-21)28-13-16-8-4-3-5-9-16/h3-12,15H,13-14H2,1-2H3,(H,28,29,30)/b19-15-. The number of nitrogens with one attached hydrogen (secondary N) is 1. The molecule has 1 N–H and O–H groups in total. The molecule has 0 amide bonds. The van der Waals surface area contributed by atoms with Crippen LogP contribution in [0.4, 0.5) is 19.1 Å². The van der Waals surface area contributed by atoms with Gasteiger partial charge in [-0.2, -0.15) is 18.2 Å². The van der Waals surface area contributed by atoms with Gasteiger partial charge >= 0.3 is 12.1 Å². The maximum absolute atomic E-state index is 13.4. The van der Waals surface area contributed by atoms with Crippen LogP contribution in [0.15, 0.2) is 66.9 Å². The van der Waals surface area contributed by atoms with Crippen molar-refractivity contribution in [2.75, 3.05) is 19.5 Å². The molecule has 0 atom stereocenters. The molecule has 0 bridgehead atoms. The van der Waals surface area contributed by atoms with Gasteiger partial charge in [0, 0.05) is 12.6 Å². The predicted octanol–water partition coefficient (Wildman–Crippen LogP) is 4.85. The highest BCUT2D eigenvalue weighted by Gasteiger charge is 2.34. The molecule has 178 valence electrons. The van der Waals surface area contributed by atoms with Crippen LogP contribution in [0.5, 0.6) is 5.88 Å². The lowest BCUT2D eigenvalue weighted by atomic mass is 10.0. The number of benzene rings is 2. The van der Waals surface area contributed by atoms with E-state index >= 15 is 0 Å². The van der Waals surface area contributed by atoms with Crippen LogP contribution in [0.1, 0.15) is 22.4 Å². The minimum absolute atomic E-state index is 0.132. The van der Waals surface area contributed by atoms with Gasteiger partial charge in [-0.3, -0.25) is 0 Å². The van der Waals surface area contributed by atoms with Crippen molar-refractivity contribution in [1.29, 1.82) is 0 Å². The molecule has 2 aromatic carbocycles. The third kappa shape index (κ3) is 6.47. The summed E-state index contributed by atoms with van der Waals surface area (Å²) in [5.41, 5.74) is 0.801. The van der Waals surface area contributed by atoms with Crippen LogP contribution in [0.25, 0.3) is 5.57 Å². The van der Waals surface area contributed by atoms with Crippen molar-refractivity contribution in [2.45, 2.75) is 19.3 Å². The molecule has 3 rings (SSSR count).